The van der Waals surface area contributed by atoms with Gasteiger partial charge >= 0.3 is 0 Å². The zero-order chi connectivity index (χ0) is 29.6. The predicted octanol–water partition coefficient (Wildman–Crippen LogP) is 1.85. The first kappa shape index (κ1) is 29.2. The highest BCUT2D eigenvalue weighted by Crippen LogP contribution is 2.30. The number of rotatable bonds is 12. The van der Waals surface area contributed by atoms with E-state index in [0.29, 0.717) is 38.8 Å². The number of piperazine rings is 1. The third kappa shape index (κ3) is 6.43. The third-order valence-electron chi connectivity index (χ3n) is 7.87. The molecule has 1 aromatic heterocycles. The number of nitrogens with two attached hydrogens (primary N) is 2. The number of nitrogens with zero attached hydrogens (tertiary/aromatic N) is 4. The highest BCUT2D eigenvalue weighted by atomic mass is 32.1. The molecule has 0 bridgehead atoms. The Balaban J connectivity index is 1.20. The van der Waals surface area contributed by atoms with Crippen molar-refractivity contribution in [3.63, 3.8) is 0 Å². The van der Waals surface area contributed by atoms with E-state index in [1.165, 1.54) is 38.8 Å². The van der Waals surface area contributed by atoms with Crippen molar-refractivity contribution < 1.29 is 19.2 Å². The van der Waals surface area contributed by atoms with Gasteiger partial charge in [-0.25, -0.2) is 4.98 Å². The van der Waals surface area contributed by atoms with Crippen molar-refractivity contribution in [3.05, 3.63) is 64.6 Å². The predicted molar refractivity (Wildman–Crippen MR) is 161 cm³/mol. The lowest BCUT2D eigenvalue weighted by Crippen LogP contribution is -2.62. The smallest absolute Gasteiger partial charge is 0.245 e. The fraction of sp³-hybridized carbons (Fsp3) is 0.400. The van der Waals surface area contributed by atoms with E-state index in [0.717, 1.165) is 12.8 Å². The summed E-state index contributed by atoms with van der Waals surface area (Å²) >= 11 is 1.19. The van der Waals surface area contributed by atoms with Gasteiger partial charge in [-0.2, -0.15) is 0 Å². The molecule has 2 aliphatic heterocycles. The minimum Gasteiger partial charge on any atom is -0.370 e. The molecule has 12 heteroatoms. The Morgan fingerprint density at radius 2 is 1.90 bits per heavy atom. The van der Waals surface area contributed by atoms with Crippen molar-refractivity contribution in [2.75, 3.05) is 19.6 Å². The number of nitrogens with one attached hydrogen (secondary N) is 1. The SMILES string of the molecule is NC(N)=NCCC[C@H](NC(=O)[C@@H]1CC[C@H]2C(=O)N(CCCc3cccc4ccccc34)CC(=O)N12)C(=O)c1nccs1. The molecule has 2 aromatic carbocycles. The van der Waals surface area contributed by atoms with Gasteiger partial charge in [0, 0.05) is 24.7 Å². The van der Waals surface area contributed by atoms with E-state index >= 15 is 0 Å². The number of ketones is 1. The first-order valence-electron chi connectivity index (χ1n) is 14.2. The Kier molecular flexibility index (Phi) is 9.11. The van der Waals surface area contributed by atoms with Crippen molar-refractivity contribution in [2.24, 2.45) is 16.5 Å². The highest BCUT2D eigenvalue weighted by molar-refractivity contribution is 7.11. The molecule has 0 aliphatic carbocycles. The zero-order valence-corrected chi connectivity index (χ0v) is 24.1. The molecular formula is C30H35N7O4S. The van der Waals surface area contributed by atoms with Gasteiger partial charge in [0.2, 0.25) is 23.5 Å². The van der Waals surface area contributed by atoms with Crippen LogP contribution in [0.15, 0.2) is 59.0 Å². The van der Waals surface area contributed by atoms with Gasteiger partial charge in [-0.1, -0.05) is 42.5 Å². The maximum atomic E-state index is 13.4. The number of hydrogen-bond donors (Lipinski definition) is 3. The second-order valence-electron chi connectivity index (χ2n) is 10.6. The summed E-state index contributed by atoms with van der Waals surface area (Å²) in [5.74, 6) is -1.18. The van der Waals surface area contributed by atoms with Crippen LogP contribution in [0.4, 0.5) is 0 Å². The highest BCUT2D eigenvalue weighted by Gasteiger charge is 2.49. The third-order valence-corrected chi connectivity index (χ3v) is 8.66. The van der Waals surface area contributed by atoms with E-state index < -0.39 is 24.0 Å². The molecule has 2 fully saturated rings. The molecular weight excluding hydrogens is 554 g/mol. The molecule has 3 amide bonds. The Morgan fingerprint density at radius 3 is 2.69 bits per heavy atom. The normalized spacial score (nSPS) is 19.0. The number of amides is 3. The molecule has 5 N–H and O–H groups in total. The van der Waals surface area contributed by atoms with Crippen LogP contribution in [0.5, 0.6) is 0 Å². The average molecular weight is 590 g/mol. The van der Waals surface area contributed by atoms with Crippen LogP contribution in [0.2, 0.25) is 0 Å². The number of aryl methyl sites for hydroxylation is 1. The van der Waals surface area contributed by atoms with Crippen LogP contribution < -0.4 is 16.8 Å². The van der Waals surface area contributed by atoms with Gasteiger partial charge < -0.3 is 26.6 Å². The Labute approximate surface area is 248 Å². The number of thiazole rings is 1. The lowest BCUT2D eigenvalue weighted by atomic mass is 10.0. The number of aliphatic imine (C=N–C) groups is 1. The molecule has 42 heavy (non-hydrogen) atoms. The standard InChI is InChI=1S/C30H35N7O4S/c31-30(32)34-14-4-11-22(26(39)28-33-15-17-42-28)35-27(40)23-12-13-24-29(41)36(18-25(38)37(23)24)16-5-9-20-8-3-7-19-6-1-2-10-21(19)20/h1-3,6-8,10,15,17,22-24H,4-5,9,11-14,16,18H2,(H,35,40)(H4,31,32,34)/t22-,23-,24-/m0/s1. The summed E-state index contributed by atoms with van der Waals surface area (Å²) in [7, 11) is 0. The molecule has 0 radical (unpaired) electrons. The van der Waals surface area contributed by atoms with Crippen molar-refractivity contribution >= 4 is 51.6 Å². The van der Waals surface area contributed by atoms with Gasteiger partial charge in [0.25, 0.3) is 0 Å². The molecule has 0 spiro atoms. The van der Waals surface area contributed by atoms with E-state index in [4.69, 9.17) is 11.5 Å². The molecule has 2 saturated heterocycles. The molecule has 220 valence electrons. The van der Waals surface area contributed by atoms with Gasteiger partial charge in [0.15, 0.2) is 11.0 Å². The monoisotopic (exact) mass is 589 g/mol. The summed E-state index contributed by atoms with van der Waals surface area (Å²) in [5, 5.41) is 7.18. The summed E-state index contributed by atoms with van der Waals surface area (Å²) in [6.07, 6.45) is 4.56. The summed E-state index contributed by atoms with van der Waals surface area (Å²) in [6.45, 7) is 0.713. The number of aromatic nitrogens is 1. The van der Waals surface area contributed by atoms with Crippen LogP contribution in [-0.2, 0) is 20.8 Å². The molecule has 3 aromatic rings. The van der Waals surface area contributed by atoms with Crippen LogP contribution in [0.3, 0.4) is 0 Å². The number of Topliss-reactive ketones (excluding diaryl/α,β-unsaturated/α-hetero) is 1. The second-order valence-corrected chi connectivity index (χ2v) is 11.5. The van der Waals surface area contributed by atoms with Crippen LogP contribution in [0.25, 0.3) is 10.8 Å². The fourth-order valence-electron chi connectivity index (χ4n) is 5.89. The van der Waals surface area contributed by atoms with Gasteiger partial charge in [-0.3, -0.25) is 24.2 Å². The average Bonchev–Trinajstić information content (AvgIpc) is 3.68. The molecule has 3 heterocycles. The van der Waals surface area contributed by atoms with E-state index in [9.17, 15) is 19.2 Å². The van der Waals surface area contributed by atoms with Crippen LogP contribution in [-0.4, -0.2) is 82.0 Å². The van der Waals surface area contributed by atoms with Gasteiger partial charge in [-0.05, 0) is 54.9 Å². The Morgan fingerprint density at radius 1 is 1.10 bits per heavy atom. The van der Waals surface area contributed by atoms with E-state index in [2.05, 4.69) is 39.6 Å². The maximum Gasteiger partial charge on any atom is 0.245 e. The number of fused-ring (bicyclic) bond motifs is 2. The quantitative estimate of drug-likeness (QED) is 0.126. The van der Waals surface area contributed by atoms with Crippen LogP contribution in [0.1, 0.15) is 47.5 Å². The van der Waals surface area contributed by atoms with Crippen molar-refractivity contribution in [1.29, 1.82) is 0 Å². The molecule has 11 nitrogen and oxygen atoms in total. The van der Waals surface area contributed by atoms with E-state index in [1.807, 2.05) is 18.2 Å². The number of carbonyl (C=O) groups excluding carboxylic acids is 4. The van der Waals surface area contributed by atoms with Crippen LogP contribution >= 0.6 is 11.3 Å². The fourth-order valence-corrected chi connectivity index (χ4v) is 6.52. The number of hydrogen-bond acceptors (Lipinski definition) is 7. The molecule has 0 unspecified atom stereocenters. The van der Waals surface area contributed by atoms with Crippen molar-refractivity contribution in [2.45, 2.75) is 56.7 Å². The lowest BCUT2D eigenvalue weighted by Gasteiger charge is -2.38. The lowest BCUT2D eigenvalue weighted by molar-refractivity contribution is -0.157. The number of guanidine groups is 1. The first-order valence-corrected chi connectivity index (χ1v) is 15.1. The Bertz CT molecular complexity index is 1480. The van der Waals surface area contributed by atoms with Gasteiger partial charge in [0.05, 0.1) is 12.6 Å². The number of carbonyl (C=O) groups is 4. The summed E-state index contributed by atoms with van der Waals surface area (Å²) in [4.78, 5) is 64.3. The Hall–Kier alpha value is -4.32. The van der Waals surface area contributed by atoms with Crippen molar-refractivity contribution in [3.8, 4) is 0 Å². The molecule has 5 rings (SSSR count). The summed E-state index contributed by atoms with van der Waals surface area (Å²) in [5.41, 5.74) is 12.0. The zero-order valence-electron chi connectivity index (χ0n) is 23.3. The largest absolute Gasteiger partial charge is 0.370 e. The molecule has 3 atom stereocenters. The van der Waals surface area contributed by atoms with E-state index in [1.54, 1.807) is 10.3 Å². The first-order chi connectivity index (χ1) is 20.3. The molecule has 2 aliphatic rings. The van der Waals surface area contributed by atoms with Crippen LogP contribution in [0, 0.1) is 0 Å². The second kappa shape index (κ2) is 13.1. The van der Waals surface area contributed by atoms with Gasteiger partial charge in [-0.15, -0.1) is 11.3 Å². The maximum absolute atomic E-state index is 13.4. The van der Waals surface area contributed by atoms with E-state index in [-0.39, 0.29) is 35.1 Å². The van der Waals surface area contributed by atoms with Crippen molar-refractivity contribution in [1.82, 2.24) is 20.1 Å². The topological polar surface area (TPSA) is 164 Å². The summed E-state index contributed by atoms with van der Waals surface area (Å²) in [6, 6.07) is 12.1. The van der Waals surface area contributed by atoms with Gasteiger partial charge in [0.1, 0.15) is 12.1 Å². The summed E-state index contributed by atoms with van der Waals surface area (Å²) < 4.78 is 0. The minimum absolute atomic E-state index is 0.0466. The minimum atomic E-state index is -0.849. The molecule has 0 saturated carbocycles. The number of benzene rings is 2.